The van der Waals surface area contributed by atoms with Crippen LogP contribution < -0.4 is 5.32 Å². The van der Waals surface area contributed by atoms with Gasteiger partial charge in [-0.3, -0.25) is 9.59 Å². The second kappa shape index (κ2) is 10.2. The van der Waals surface area contributed by atoms with Crippen LogP contribution in [0.2, 0.25) is 0 Å². The number of ether oxygens (including phenoxy) is 1. The summed E-state index contributed by atoms with van der Waals surface area (Å²) in [5.41, 5.74) is 1.99. The highest BCUT2D eigenvalue weighted by Gasteiger charge is 2.46. The highest BCUT2D eigenvalue weighted by molar-refractivity contribution is 6.02. The van der Waals surface area contributed by atoms with Gasteiger partial charge in [-0.25, -0.2) is 13.2 Å². The van der Waals surface area contributed by atoms with E-state index in [1.807, 2.05) is 6.08 Å². The Morgan fingerprint density at radius 3 is 2.65 bits per heavy atom. The Labute approximate surface area is 229 Å². The number of hydrogen-bond acceptors (Lipinski definition) is 5. The predicted molar refractivity (Wildman–Crippen MR) is 139 cm³/mol. The van der Waals surface area contributed by atoms with Crippen molar-refractivity contribution in [1.82, 2.24) is 10.1 Å². The molecule has 2 aliphatic carbocycles. The number of nitrogens with one attached hydrogen (secondary N) is 1. The fourth-order valence-corrected chi connectivity index (χ4v) is 5.89. The van der Waals surface area contributed by atoms with E-state index in [4.69, 9.17) is 9.26 Å². The van der Waals surface area contributed by atoms with Crippen LogP contribution >= 0.6 is 0 Å². The van der Waals surface area contributed by atoms with Gasteiger partial charge in [0, 0.05) is 40.8 Å². The van der Waals surface area contributed by atoms with Gasteiger partial charge in [-0.2, -0.15) is 0 Å². The van der Waals surface area contributed by atoms with Gasteiger partial charge in [0.1, 0.15) is 28.9 Å². The van der Waals surface area contributed by atoms with Crippen molar-refractivity contribution in [3.63, 3.8) is 0 Å². The number of rotatable bonds is 7. The smallest absolute Gasteiger partial charge is 0.253 e. The molecule has 2 atom stereocenters. The molecular formula is C30H28F3N3O4. The van der Waals surface area contributed by atoms with E-state index in [1.54, 1.807) is 6.92 Å². The number of amides is 2. The number of carbonyl (C=O) groups is 2. The van der Waals surface area contributed by atoms with Gasteiger partial charge < -0.3 is 19.5 Å². The summed E-state index contributed by atoms with van der Waals surface area (Å²) < 4.78 is 53.9. The number of aromatic nitrogens is 1. The van der Waals surface area contributed by atoms with Crippen molar-refractivity contribution >= 4 is 17.5 Å². The van der Waals surface area contributed by atoms with Crippen molar-refractivity contribution < 1.29 is 32.0 Å². The summed E-state index contributed by atoms with van der Waals surface area (Å²) >= 11 is 0. The molecule has 0 radical (unpaired) electrons. The minimum Gasteiger partial charge on any atom is -0.381 e. The molecular weight excluding hydrogens is 523 g/mol. The summed E-state index contributed by atoms with van der Waals surface area (Å²) in [4.78, 5) is 29.3. The minimum atomic E-state index is -1.32. The maximum absolute atomic E-state index is 14.9. The zero-order valence-corrected chi connectivity index (χ0v) is 21.9. The number of nitrogens with zero attached hydrogens (tertiary/aromatic N) is 2. The van der Waals surface area contributed by atoms with Gasteiger partial charge in [0.25, 0.3) is 11.8 Å². The summed E-state index contributed by atoms with van der Waals surface area (Å²) in [5.74, 6) is -2.30. The average molecular weight is 552 g/mol. The van der Waals surface area contributed by atoms with E-state index < -0.39 is 35.3 Å². The van der Waals surface area contributed by atoms with Gasteiger partial charge >= 0.3 is 0 Å². The van der Waals surface area contributed by atoms with Crippen molar-refractivity contribution in [2.45, 2.75) is 51.6 Å². The van der Waals surface area contributed by atoms with Gasteiger partial charge in [0.05, 0.1) is 13.2 Å². The summed E-state index contributed by atoms with van der Waals surface area (Å²) in [5, 5.41) is 7.00. The van der Waals surface area contributed by atoms with E-state index in [9.17, 15) is 22.8 Å². The fraction of sp³-hybridized carbons (Fsp3) is 0.367. The first-order chi connectivity index (χ1) is 19.2. The van der Waals surface area contributed by atoms with E-state index in [1.165, 1.54) is 23.1 Å². The molecule has 1 fully saturated rings. The molecule has 1 N–H and O–H groups in total. The number of carbonyl (C=O) groups excluding carboxylic acids is 2. The molecule has 0 bridgehead atoms. The zero-order chi connectivity index (χ0) is 28.0. The van der Waals surface area contributed by atoms with Gasteiger partial charge in [-0.15, -0.1) is 0 Å². The standard InChI is InChI=1S/C30H28F3N3O4/c1-17-11-20(31)6-8-24(17)34-28(37)27(26-22-3-2-4-25(22)40-35-26)36(15-18-12-21(32)5-7-23(18)33)29(38)19-13-30(14-19)9-10-39-16-30/h5-8,11-13,27H,2-4,9-10,14-16H2,1H3,(H,34,37). The first-order valence-electron chi connectivity index (χ1n) is 13.3. The van der Waals surface area contributed by atoms with Crippen LogP contribution in [0.3, 0.4) is 0 Å². The molecule has 1 aromatic heterocycles. The molecule has 2 unspecified atom stereocenters. The van der Waals surface area contributed by atoms with E-state index in [0.29, 0.717) is 55.1 Å². The molecule has 2 amide bonds. The highest BCUT2D eigenvalue weighted by atomic mass is 19.1. The van der Waals surface area contributed by atoms with E-state index in [-0.39, 0.29) is 23.2 Å². The maximum Gasteiger partial charge on any atom is 0.253 e. The van der Waals surface area contributed by atoms with Crippen LogP contribution in [0.5, 0.6) is 0 Å². The van der Waals surface area contributed by atoms with Crippen molar-refractivity contribution in [3.8, 4) is 0 Å². The number of benzene rings is 2. The molecule has 3 aromatic rings. The first-order valence-corrected chi connectivity index (χ1v) is 13.3. The number of aryl methyl sites for hydroxylation is 2. The van der Waals surface area contributed by atoms with E-state index in [0.717, 1.165) is 36.6 Å². The minimum absolute atomic E-state index is 0.0805. The number of anilines is 1. The lowest BCUT2D eigenvalue weighted by molar-refractivity contribution is -0.137. The average Bonchev–Trinajstić information content (AvgIpc) is 3.65. The maximum atomic E-state index is 14.9. The van der Waals surface area contributed by atoms with Gasteiger partial charge in [0.15, 0.2) is 6.04 Å². The lowest BCUT2D eigenvalue weighted by Gasteiger charge is -2.38. The fourth-order valence-electron chi connectivity index (χ4n) is 5.89. The summed E-state index contributed by atoms with van der Waals surface area (Å²) in [6, 6.07) is 5.63. The Bertz CT molecular complexity index is 1530. The molecule has 1 saturated heterocycles. The molecule has 10 heteroatoms. The largest absolute Gasteiger partial charge is 0.381 e. The summed E-state index contributed by atoms with van der Waals surface area (Å²) in [6.45, 7) is 2.37. The quantitative estimate of drug-likeness (QED) is 0.429. The van der Waals surface area contributed by atoms with E-state index >= 15 is 0 Å². The van der Waals surface area contributed by atoms with Crippen LogP contribution in [0.15, 0.2) is 52.6 Å². The Balaban J connectivity index is 1.43. The topological polar surface area (TPSA) is 84.7 Å². The monoisotopic (exact) mass is 551 g/mol. The zero-order valence-electron chi connectivity index (χ0n) is 21.9. The Morgan fingerprint density at radius 2 is 1.90 bits per heavy atom. The lowest BCUT2D eigenvalue weighted by atomic mass is 9.70. The van der Waals surface area contributed by atoms with Crippen LogP contribution in [-0.2, 0) is 33.7 Å². The Morgan fingerprint density at radius 1 is 1.12 bits per heavy atom. The van der Waals surface area contributed by atoms with Crippen molar-refractivity contribution in [2.24, 2.45) is 5.41 Å². The highest BCUT2D eigenvalue weighted by Crippen LogP contribution is 2.47. The number of hydrogen-bond donors (Lipinski definition) is 1. The van der Waals surface area contributed by atoms with Gasteiger partial charge in [0.2, 0.25) is 0 Å². The molecule has 0 saturated carbocycles. The summed E-state index contributed by atoms with van der Waals surface area (Å²) in [7, 11) is 0. The van der Waals surface area contributed by atoms with E-state index in [2.05, 4.69) is 10.5 Å². The third kappa shape index (κ3) is 4.81. The first kappa shape index (κ1) is 26.3. The second-order valence-corrected chi connectivity index (χ2v) is 10.9. The second-order valence-electron chi connectivity index (χ2n) is 10.9. The molecule has 1 aliphatic heterocycles. The third-order valence-corrected chi connectivity index (χ3v) is 8.04. The third-order valence-electron chi connectivity index (χ3n) is 8.04. The predicted octanol–water partition coefficient (Wildman–Crippen LogP) is 5.33. The molecule has 2 heterocycles. The summed E-state index contributed by atoms with van der Waals surface area (Å²) in [6.07, 6.45) is 5.16. The SMILES string of the molecule is Cc1cc(F)ccc1NC(=O)C(c1noc2c1CCC2)N(Cc1cc(F)ccc1F)C(=O)C1=CC2(CCOC2)C1. The molecule has 6 rings (SSSR count). The molecule has 208 valence electrons. The normalized spacial score (nSPS) is 20.1. The van der Waals surface area contributed by atoms with Crippen molar-refractivity contribution in [1.29, 1.82) is 0 Å². The van der Waals surface area contributed by atoms with Crippen LogP contribution in [0, 0.1) is 29.8 Å². The Kier molecular flexibility index (Phi) is 6.74. The molecule has 3 aliphatic rings. The number of fused-ring (bicyclic) bond motifs is 1. The van der Waals surface area contributed by atoms with Crippen LogP contribution in [0.25, 0.3) is 0 Å². The molecule has 1 spiro atoms. The van der Waals surface area contributed by atoms with Crippen molar-refractivity contribution in [2.75, 3.05) is 18.5 Å². The molecule has 7 nitrogen and oxygen atoms in total. The Hall–Kier alpha value is -3.92. The van der Waals surface area contributed by atoms with Gasteiger partial charge in [-0.1, -0.05) is 11.2 Å². The number of halogens is 3. The van der Waals surface area contributed by atoms with Gasteiger partial charge in [-0.05, 0) is 74.6 Å². The van der Waals surface area contributed by atoms with Crippen LogP contribution in [0.4, 0.5) is 18.9 Å². The van der Waals surface area contributed by atoms with Crippen molar-refractivity contribution in [3.05, 3.63) is 93.6 Å². The lowest BCUT2D eigenvalue weighted by Crippen LogP contribution is -2.45. The molecule has 40 heavy (non-hydrogen) atoms. The van der Waals surface area contributed by atoms with Crippen LogP contribution in [0.1, 0.15) is 53.4 Å². The van der Waals surface area contributed by atoms with Crippen LogP contribution in [-0.4, -0.2) is 35.1 Å². The molecule has 2 aromatic carbocycles.